The molecule has 0 spiro atoms. The monoisotopic (exact) mass is 246 g/mol. The van der Waals surface area contributed by atoms with Crippen LogP contribution in [0, 0.1) is 0 Å². The molecule has 0 fully saturated rings. The lowest BCUT2D eigenvalue weighted by Crippen LogP contribution is -1.82. The van der Waals surface area contributed by atoms with E-state index in [1.807, 2.05) is 0 Å². The van der Waals surface area contributed by atoms with Crippen LogP contribution in [0.4, 0.5) is 0 Å². The van der Waals surface area contributed by atoms with Gasteiger partial charge >= 0.3 is 0 Å². The number of hydrogen-bond donors (Lipinski definition) is 0. The van der Waals surface area contributed by atoms with Crippen molar-refractivity contribution >= 4 is 35.8 Å². The zero-order chi connectivity index (χ0) is 10.1. The van der Waals surface area contributed by atoms with Crippen LogP contribution in [-0.2, 0) is 12.6 Å². The van der Waals surface area contributed by atoms with E-state index < -0.39 is 0 Å². The molecule has 0 saturated heterocycles. The van der Waals surface area contributed by atoms with Crippen LogP contribution in [0.5, 0.6) is 0 Å². The van der Waals surface area contributed by atoms with Gasteiger partial charge in [-0.25, -0.2) is 4.98 Å². The highest BCUT2D eigenvalue weighted by Gasteiger charge is 2.06. The molecule has 0 unspecified atom stereocenters. The van der Waals surface area contributed by atoms with Crippen molar-refractivity contribution in [1.29, 1.82) is 0 Å². The Morgan fingerprint density at radius 3 is 2.29 bits per heavy atom. The number of nitrogens with zero attached hydrogens (tertiary/aromatic N) is 3. The van der Waals surface area contributed by atoms with Crippen LogP contribution in [-0.4, -0.2) is 15.2 Å². The summed E-state index contributed by atoms with van der Waals surface area (Å²) in [5.41, 5.74) is 0.596. The molecule has 2 rings (SSSR count). The fraction of sp³-hybridized carbons (Fsp3) is 0. The number of pyridine rings is 1. The summed E-state index contributed by atoms with van der Waals surface area (Å²) in [6, 6.07) is 3.13. The first-order valence-electron chi connectivity index (χ1n) is 3.49. The van der Waals surface area contributed by atoms with Crippen LogP contribution in [0.1, 0.15) is 0 Å². The molecular weight excluding hydrogens is 245 g/mol. The van der Waals surface area contributed by atoms with Gasteiger partial charge in [0.15, 0.2) is 0 Å². The largest absolute Gasteiger partial charge is 0.719 e. The maximum Gasteiger partial charge on any atom is 0.245 e. The van der Waals surface area contributed by atoms with Crippen LogP contribution in [0.25, 0.3) is 11.5 Å². The van der Waals surface area contributed by atoms with Gasteiger partial charge in [0.1, 0.15) is 10.3 Å². The molecule has 0 N–H and O–H groups in total. The number of rotatable bonds is 1. The second kappa shape index (κ2) is 3.68. The zero-order valence-corrected chi connectivity index (χ0v) is 8.90. The quantitative estimate of drug-likeness (QED) is 0.571. The molecule has 0 aliphatic carbocycles. The van der Waals surface area contributed by atoms with Gasteiger partial charge in [-0.3, -0.25) is 0 Å². The van der Waals surface area contributed by atoms with Gasteiger partial charge in [-0.05, 0) is 12.1 Å². The fourth-order valence-corrected chi connectivity index (χ4v) is 1.50. The van der Waals surface area contributed by atoms with E-state index in [9.17, 15) is 0 Å². The molecule has 0 aromatic carbocycles. The highest BCUT2D eigenvalue weighted by atomic mass is 35.5. The third-order valence-corrected chi connectivity index (χ3v) is 1.97. The highest BCUT2D eigenvalue weighted by molar-refractivity contribution is 7.58. The molecule has 4 nitrogen and oxygen atoms in total. The van der Waals surface area contributed by atoms with Gasteiger partial charge < -0.3 is 17.0 Å². The molecule has 14 heavy (non-hydrogen) atoms. The van der Waals surface area contributed by atoms with Gasteiger partial charge in [0.05, 0.1) is 5.22 Å². The summed E-state index contributed by atoms with van der Waals surface area (Å²) in [5, 5.41) is 7.84. The van der Waals surface area contributed by atoms with Crippen molar-refractivity contribution in [3.63, 3.8) is 0 Å². The summed E-state index contributed by atoms with van der Waals surface area (Å²) in [4.78, 5) is 3.78. The van der Waals surface area contributed by atoms with Crippen LogP contribution >= 0.6 is 23.2 Å². The van der Waals surface area contributed by atoms with Crippen LogP contribution in [0.2, 0.25) is 10.3 Å². The van der Waals surface area contributed by atoms with Crippen molar-refractivity contribution in [2.75, 3.05) is 0 Å². The zero-order valence-electron chi connectivity index (χ0n) is 6.57. The second-order valence-electron chi connectivity index (χ2n) is 2.37. The van der Waals surface area contributed by atoms with Crippen molar-refractivity contribution in [1.82, 2.24) is 15.2 Å². The molecule has 0 aliphatic rings. The maximum absolute atomic E-state index is 5.70. The topological polar surface area (TPSA) is 51.8 Å². The predicted molar refractivity (Wildman–Crippen MR) is 53.2 cm³/mol. The molecule has 2 aromatic heterocycles. The Balaban J connectivity index is 2.51. The summed E-state index contributed by atoms with van der Waals surface area (Å²) in [6.07, 6.45) is 0. The average molecular weight is 247 g/mol. The molecular formula is C7H2Cl2N3OS-. The van der Waals surface area contributed by atoms with E-state index in [0.29, 0.717) is 5.56 Å². The second-order valence-corrected chi connectivity index (χ2v) is 3.50. The van der Waals surface area contributed by atoms with Gasteiger partial charge in [0, 0.05) is 5.56 Å². The normalized spacial score (nSPS) is 10.4. The summed E-state index contributed by atoms with van der Waals surface area (Å²) in [7, 11) is 0. The number of aromatic nitrogens is 3. The Bertz CT molecular complexity index is 453. The van der Waals surface area contributed by atoms with Gasteiger partial charge in [0.25, 0.3) is 0 Å². The lowest BCUT2D eigenvalue weighted by atomic mass is 10.3. The first-order chi connectivity index (χ1) is 6.65. The van der Waals surface area contributed by atoms with Gasteiger partial charge in [-0.1, -0.05) is 23.2 Å². The summed E-state index contributed by atoms with van der Waals surface area (Å²) in [5.74, 6) is 0.279. The van der Waals surface area contributed by atoms with Crippen molar-refractivity contribution in [2.45, 2.75) is 5.22 Å². The number of hydrogen-bond acceptors (Lipinski definition) is 5. The number of halogens is 2. The molecule has 2 aromatic rings. The Morgan fingerprint density at radius 1 is 1.14 bits per heavy atom. The summed E-state index contributed by atoms with van der Waals surface area (Å²) >= 11 is 16.1. The Hall–Kier alpha value is -0.910. The van der Waals surface area contributed by atoms with Crippen LogP contribution in [0.3, 0.4) is 0 Å². The molecule has 2 heterocycles. The van der Waals surface area contributed by atoms with Crippen molar-refractivity contribution in [2.24, 2.45) is 0 Å². The molecule has 0 bridgehead atoms. The van der Waals surface area contributed by atoms with Crippen molar-refractivity contribution in [3.8, 4) is 11.5 Å². The Morgan fingerprint density at radius 2 is 1.79 bits per heavy atom. The molecule has 0 aliphatic heterocycles. The van der Waals surface area contributed by atoms with E-state index >= 15 is 0 Å². The molecule has 0 saturated carbocycles. The maximum atomic E-state index is 5.70. The van der Waals surface area contributed by atoms with Crippen LogP contribution in [0.15, 0.2) is 21.8 Å². The lowest BCUT2D eigenvalue weighted by Gasteiger charge is -1.97. The third-order valence-electron chi connectivity index (χ3n) is 1.42. The average Bonchev–Trinajstić information content (AvgIpc) is 2.50. The van der Waals surface area contributed by atoms with E-state index in [1.165, 1.54) is 0 Å². The first-order valence-corrected chi connectivity index (χ1v) is 4.65. The Labute approximate surface area is 94.7 Å². The van der Waals surface area contributed by atoms with E-state index in [4.69, 9.17) is 27.6 Å². The molecule has 0 radical (unpaired) electrons. The predicted octanol–water partition coefficient (Wildman–Crippen LogP) is 2.34. The first kappa shape index (κ1) is 9.64. The van der Waals surface area contributed by atoms with Crippen molar-refractivity contribution in [3.05, 3.63) is 22.4 Å². The lowest BCUT2D eigenvalue weighted by molar-refractivity contribution is 0.467. The standard InChI is InChI=1S/C7H3Cl2N3OS/c8-4-1-3(2-5(9)10-4)6-11-12-7(14)13-6/h1-2H,(H,12,14)/p-1. The summed E-state index contributed by atoms with van der Waals surface area (Å²) in [6.45, 7) is 0. The Kier molecular flexibility index (Phi) is 2.54. The SMILES string of the molecule is [S-]c1nnc(-c2cc(Cl)nc(Cl)c2)o1. The molecule has 0 atom stereocenters. The molecule has 72 valence electrons. The molecule has 7 heteroatoms. The van der Waals surface area contributed by atoms with Crippen LogP contribution < -0.4 is 0 Å². The smallest absolute Gasteiger partial charge is 0.245 e. The minimum atomic E-state index is 0.0732. The highest BCUT2D eigenvalue weighted by Crippen LogP contribution is 2.23. The minimum absolute atomic E-state index is 0.0732. The third kappa shape index (κ3) is 1.95. The minimum Gasteiger partial charge on any atom is -0.719 e. The van der Waals surface area contributed by atoms with Crippen molar-refractivity contribution < 1.29 is 4.42 Å². The van der Waals surface area contributed by atoms with Gasteiger partial charge in [0.2, 0.25) is 5.89 Å². The summed E-state index contributed by atoms with van der Waals surface area (Å²) < 4.78 is 5.03. The fourth-order valence-electron chi connectivity index (χ4n) is 0.915. The molecule has 0 amide bonds. The van der Waals surface area contributed by atoms with E-state index in [1.54, 1.807) is 12.1 Å². The van der Waals surface area contributed by atoms with E-state index in [-0.39, 0.29) is 21.4 Å². The van der Waals surface area contributed by atoms with Gasteiger partial charge in [-0.2, -0.15) is 0 Å². The van der Waals surface area contributed by atoms with E-state index in [2.05, 4.69) is 27.8 Å². The van der Waals surface area contributed by atoms with E-state index in [0.717, 1.165) is 0 Å². The van der Waals surface area contributed by atoms with Gasteiger partial charge in [-0.15, -0.1) is 10.2 Å².